The summed E-state index contributed by atoms with van der Waals surface area (Å²) in [5, 5.41) is 0.576. The monoisotopic (exact) mass is 377 g/mol. The number of carbonyl (C=O) groups is 1. The highest BCUT2D eigenvalue weighted by Crippen LogP contribution is 2.18. The van der Waals surface area contributed by atoms with Gasteiger partial charge in [0.15, 0.2) is 0 Å². The number of carbonyl (C=O) groups excluding carboxylic acids is 1. The van der Waals surface area contributed by atoms with Crippen molar-refractivity contribution in [2.24, 2.45) is 0 Å². The second-order valence-electron chi connectivity index (χ2n) is 7.11. The van der Waals surface area contributed by atoms with Gasteiger partial charge in [0.05, 0.1) is 22.7 Å². The fourth-order valence-electron chi connectivity index (χ4n) is 3.80. The highest BCUT2D eigenvalue weighted by Gasteiger charge is 2.24. The smallest absolute Gasteiger partial charge is 0.265 e. The van der Waals surface area contributed by atoms with Gasteiger partial charge in [0.2, 0.25) is 0 Å². The van der Waals surface area contributed by atoms with Crippen molar-refractivity contribution in [3.8, 4) is 5.69 Å². The molecule has 1 unspecified atom stereocenters. The molecule has 0 radical (unpaired) electrons. The van der Waals surface area contributed by atoms with Gasteiger partial charge in [0, 0.05) is 25.8 Å². The van der Waals surface area contributed by atoms with E-state index >= 15 is 0 Å². The Bertz CT molecular complexity index is 1070. The number of hydrogen-bond donors (Lipinski definition) is 0. The van der Waals surface area contributed by atoms with Crippen LogP contribution in [0.4, 0.5) is 0 Å². The minimum absolute atomic E-state index is 0.00555. The van der Waals surface area contributed by atoms with Crippen LogP contribution in [-0.4, -0.2) is 46.7 Å². The van der Waals surface area contributed by atoms with Crippen molar-refractivity contribution in [2.75, 3.05) is 20.2 Å². The maximum Gasteiger partial charge on any atom is 0.265 e. The summed E-state index contributed by atoms with van der Waals surface area (Å²) in [6.07, 6.45) is 2.03. The highest BCUT2D eigenvalue weighted by molar-refractivity contribution is 5.94. The van der Waals surface area contributed by atoms with Gasteiger partial charge < -0.3 is 9.64 Å². The van der Waals surface area contributed by atoms with Crippen LogP contribution in [0.3, 0.4) is 0 Å². The van der Waals surface area contributed by atoms with Crippen LogP contribution in [0.5, 0.6) is 0 Å². The van der Waals surface area contributed by atoms with E-state index in [-0.39, 0.29) is 17.6 Å². The Hall–Kier alpha value is -2.99. The molecule has 3 aromatic rings. The first-order chi connectivity index (χ1) is 13.6. The number of ether oxygens (including phenoxy) is 1. The molecule has 1 fully saturated rings. The molecule has 1 amide bonds. The van der Waals surface area contributed by atoms with Crippen LogP contribution >= 0.6 is 0 Å². The number of para-hydroxylation sites is 1. The summed E-state index contributed by atoms with van der Waals surface area (Å²) in [7, 11) is 1.69. The molecule has 1 aliphatic rings. The van der Waals surface area contributed by atoms with Gasteiger partial charge in [-0.25, -0.2) is 4.98 Å². The first-order valence-electron chi connectivity index (χ1n) is 9.49. The first-order valence-corrected chi connectivity index (χ1v) is 9.49. The van der Waals surface area contributed by atoms with Crippen LogP contribution < -0.4 is 5.56 Å². The van der Waals surface area contributed by atoms with Crippen molar-refractivity contribution < 1.29 is 9.53 Å². The zero-order valence-corrected chi connectivity index (χ0v) is 16.1. The average molecular weight is 377 g/mol. The van der Waals surface area contributed by atoms with Crippen molar-refractivity contribution in [3.05, 3.63) is 70.3 Å². The predicted molar refractivity (Wildman–Crippen MR) is 108 cm³/mol. The number of fused-ring (bicyclic) bond motifs is 1. The van der Waals surface area contributed by atoms with E-state index in [1.165, 1.54) is 0 Å². The molecule has 6 heteroatoms. The van der Waals surface area contributed by atoms with E-state index in [1.807, 2.05) is 30.0 Å². The second kappa shape index (κ2) is 7.56. The molecule has 1 aromatic heterocycles. The van der Waals surface area contributed by atoms with E-state index in [4.69, 9.17) is 4.74 Å². The molecule has 6 nitrogen and oxygen atoms in total. The lowest BCUT2D eigenvalue weighted by Crippen LogP contribution is -2.42. The van der Waals surface area contributed by atoms with Crippen LogP contribution in [0.2, 0.25) is 0 Å². The number of aryl methyl sites for hydroxylation is 1. The van der Waals surface area contributed by atoms with E-state index in [0.717, 1.165) is 19.4 Å². The molecule has 4 rings (SSSR count). The van der Waals surface area contributed by atoms with Crippen molar-refractivity contribution in [1.29, 1.82) is 0 Å². The Labute approximate surface area is 163 Å². The van der Waals surface area contributed by atoms with E-state index in [0.29, 0.717) is 34.5 Å². The second-order valence-corrected chi connectivity index (χ2v) is 7.11. The van der Waals surface area contributed by atoms with Gasteiger partial charge in [-0.2, -0.15) is 0 Å². The number of methoxy groups -OCH3 is 1. The van der Waals surface area contributed by atoms with Gasteiger partial charge in [-0.1, -0.05) is 12.1 Å². The van der Waals surface area contributed by atoms with Gasteiger partial charge >= 0.3 is 0 Å². The fraction of sp³-hybridized carbons (Fsp3) is 0.318. The number of aromatic nitrogens is 2. The summed E-state index contributed by atoms with van der Waals surface area (Å²) in [6.45, 7) is 3.17. The third-order valence-electron chi connectivity index (χ3n) is 5.31. The molecule has 1 atom stereocenters. The standard InChI is InChI=1S/C22H23N3O3/c1-15-23-20-8-4-3-7-19(20)22(27)25(15)17-11-9-16(10-12-17)21(26)24-13-5-6-18(14-24)28-2/h3-4,7-12,18H,5-6,13-14H2,1-2H3. The van der Waals surface area contributed by atoms with E-state index in [9.17, 15) is 9.59 Å². The number of piperidine rings is 1. The Morgan fingerprint density at radius 2 is 1.89 bits per heavy atom. The van der Waals surface area contributed by atoms with Crippen LogP contribution in [0.1, 0.15) is 29.0 Å². The summed E-state index contributed by atoms with van der Waals surface area (Å²) in [5.41, 5.74) is 1.89. The number of nitrogens with zero attached hydrogens (tertiary/aromatic N) is 3. The van der Waals surface area contributed by atoms with Crippen LogP contribution in [-0.2, 0) is 4.74 Å². The molecule has 2 aromatic carbocycles. The van der Waals surface area contributed by atoms with Crippen LogP contribution in [0.15, 0.2) is 53.3 Å². The highest BCUT2D eigenvalue weighted by atomic mass is 16.5. The summed E-state index contributed by atoms with van der Waals surface area (Å²) >= 11 is 0. The van der Waals surface area contributed by atoms with Gasteiger partial charge in [-0.3, -0.25) is 14.2 Å². The lowest BCUT2D eigenvalue weighted by molar-refractivity contribution is 0.0269. The molecular formula is C22H23N3O3. The first kappa shape index (κ1) is 18.4. The molecule has 28 heavy (non-hydrogen) atoms. The molecule has 144 valence electrons. The molecule has 0 spiro atoms. The van der Waals surface area contributed by atoms with Crippen molar-refractivity contribution in [3.63, 3.8) is 0 Å². The Morgan fingerprint density at radius 1 is 1.14 bits per heavy atom. The zero-order chi connectivity index (χ0) is 19.7. The predicted octanol–water partition coefficient (Wildman–Crippen LogP) is 2.95. The third kappa shape index (κ3) is 3.31. The van der Waals surface area contributed by atoms with Crippen LogP contribution in [0.25, 0.3) is 16.6 Å². The maximum absolute atomic E-state index is 12.9. The van der Waals surface area contributed by atoms with Crippen molar-refractivity contribution in [2.45, 2.75) is 25.9 Å². The summed E-state index contributed by atoms with van der Waals surface area (Å²) in [6, 6.07) is 14.5. The molecular weight excluding hydrogens is 354 g/mol. The Kier molecular flexibility index (Phi) is 4.96. The summed E-state index contributed by atoms with van der Waals surface area (Å²) < 4.78 is 6.99. The fourth-order valence-corrected chi connectivity index (χ4v) is 3.80. The molecule has 1 saturated heterocycles. The van der Waals surface area contributed by atoms with Gasteiger partial charge in [-0.05, 0) is 56.2 Å². The molecule has 1 aliphatic heterocycles. The lowest BCUT2D eigenvalue weighted by atomic mass is 10.1. The van der Waals surface area contributed by atoms with E-state index in [1.54, 1.807) is 42.0 Å². The zero-order valence-electron chi connectivity index (χ0n) is 16.1. The summed E-state index contributed by atoms with van der Waals surface area (Å²) in [5.74, 6) is 0.607. The van der Waals surface area contributed by atoms with Crippen molar-refractivity contribution >= 4 is 16.8 Å². The van der Waals surface area contributed by atoms with E-state index in [2.05, 4.69) is 4.98 Å². The number of amides is 1. The van der Waals surface area contributed by atoms with E-state index < -0.39 is 0 Å². The molecule has 0 bridgehead atoms. The SMILES string of the molecule is COC1CCCN(C(=O)c2ccc(-n3c(C)nc4ccccc4c3=O)cc2)C1. The lowest BCUT2D eigenvalue weighted by Gasteiger charge is -2.32. The quantitative estimate of drug-likeness (QED) is 0.704. The average Bonchev–Trinajstić information content (AvgIpc) is 2.74. The number of hydrogen-bond acceptors (Lipinski definition) is 4. The normalized spacial score (nSPS) is 17.1. The molecule has 2 heterocycles. The van der Waals surface area contributed by atoms with Gasteiger partial charge in [-0.15, -0.1) is 0 Å². The largest absolute Gasteiger partial charge is 0.380 e. The van der Waals surface area contributed by atoms with Crippen molar-refractivity contribution in [1.82, 2.24) is 14.5 Å². The number of likely N-dealkylation sites (tertiary alicyclic amines) is 1. The minimum Gasteiger partial charge on any atom is -0.380 e. The number of rotatable bonds is 3. The van der Waals surface area contributed by atoms with Gasteiger partial charge in [0.1, 0.15) is 5.82 Å². The maximum atomic E-state index is 12.9. The Morgan fingerprint density at radius 3 is 2.64 bits per heavy atom. The summed E-state index contributed by atoms with van der Waals surface area (Å²) in [4.78, 5) is 32.1. The topological polar surface area (TPSA) is 64.4 Å². The molecule has 0 aliphatic carbocycles. The van der Waals surface area contributed by atoms with Gasteiger partial charge in [0.25, 0.3) is 11.5 Å². The third-order valence-corrected chi connectivity index (χ3v) is 5.31. The Balaban J connectivity index is 1.65. The van der Waals surface area contributed by atoms with Crippen LogP contribution in [0, 0.1) is 6.92 Å². The minimum atomic E-state index is -0.110. The number of benzene rings is 2. The molecule has 0 saturated carbocycles. The molecule has 0 N–H and O–H groups in total.